The molecular formula is C16H23N5O2. The summed E-state index contributed by atoms with van der Waals surface area (Å²) in [5, 5.41) is 0. The third-order valence-corrected chi connectivity index (χ3v) is 3.70. The zero-order valence-corrected chi connectivity index (χ0v) is 14.1. The molecule has 0 aliphatic carbocycles. The van der Waals surface area contributed by atoms with Crippen LogP contribution < -0.4 is 4.90 Å². The summed E-state index contributed by atoms with van der Waals surface area (Å²) >= 11 is 0. The van der Waals surface area contributed by atoms with E-state index in [1.807, 2.05) is 39.8 Å². The average Bonchev–Trinajstić information content (AvgIpc) is 2.84. The number of aromatic nitrogens is 3. The summed E-state index contributed by atoms with van der Waals surface area (Å²) in [6.45, 7) is 10.3. The van der Waals surface area contributed by atoms with Crippen LogP contribution >= 0.6 is 0 Å². The van der Waals surface area contributed by atoms with E-state index in [9.17, 15) is 4.79 Å². The van der Waals surface area contributed by atoms with Gasteiger partial charge in [0.25, 0.3) is 0 Å². The molecule has 1 aliphatic heterocycles. The van der Waals surface area contributed by atoms with E-state index >= 15 is 0 Å². The fourth-order valence-electron chi connectivity index (χ4n) is 2.62. The van der Waals surface area contributed by atoms with Crippen LogP contribution in [0, 0.1) is 6.92 Å². The Kier molecular flexibility index (Phi) is 3.87. The Morgan fingerprint density at radius 1 is 1.17 bits per heavy atom. The number of anilines is 1. The van der Waals surface area contributed by atoms with E-state index in [4.69, 9.17) is 4.74 Å². The fraction of sp³-hybridized carbons (Fsp3) is 0.562. The SMILES string of the molecule is Cc1nc2nc(N3CCN(C(=O)OC(C)(C)C)CC3)ccc2[nH]1. The minimum absolute atomic E-state index is 0.247. The lowest BCUT2D eigenvalue weighted by Gasteiger charge is -2.36. The molecule has 124 valence electrons. The zero-order valence-electron chi connectivity index (χ0n) is 14.1. The molecule has 1 fully saturated rings. The van der Waals surface area contributed by atoms with Crippen LogP contribution in [0.4, 0.5) is 10.6 Å². The molecule has 2 aromatic rings. The van der Waals surface area contributed by atoms with E-state index in [-0.39, 0.29) is 6.09 Å². The first-order valence-corrected chi connectivity index (χ1v) is 7.88. The summed E-state index contributed by atoms with van der Waals surface area (Å²) in [4.78, 5) is 28.2. The van der Waals surface area contributed by atoms with Crippen LogP contribution in [0.5, 0.6) is 0 Å². The molecule has 1 N–H and O–H groups in total. The first kappa shape index (κ1) is 15.6. The minimum atomic E-state index is -0.460. The Hall–Kier alpha value is -2.31. The van der Waals surface area contributed by atoms with Crippen molar-refractivity contribution in [2.45, 2.75) is 33.3 Å². The molecule has 3 heterocycles. The number of H-pyrrole nitrogens is 1. The van der Waals surface area contributed by atoms with Crippen molar-refractivity contribution in [1.82, 2.24) is 19.9 Å². The van der Waals surface area contributed by atoms with Gasteiger partial charge in [0.1, 0.15) is 17.2 Å². The maximum atomic E-state index is 12.1. The van der Waals surface area contributed by atoms with Crippen LogP contribution in [0.25, 0.3) is 11.2 Å². The van der Waals surface area contributed by atoms with Gasteiger partial charge in [-0.15, -0.1) is 0 Å². The number of imidazole rings is 1. The number of nitrogens with zero attached hydrogens (tertiary/aromatic N) is 4. The molecule has 0 aromatic carbocycles. The molecule has 0 bridgehead atoms. The van der Waals surface area contributed by atoms with Gasteiger partial charge in [0.05, 0.1) is 5.52 Å². The summed E-state index contributed by atoms with van der Waals surface area (Å²) in [7, 11) is 0. The first-order valence-electron chi connectivity index (χ1n) is 7.88. The summed E-state index contributed by atoms with van der Waals surface area (Å²) in [5.74, 6) is 1.76. The number of rotatable bonds is 1. The van der Waals surface area contributed by atoms with Crippen molar-refractivity contribution < 1.29 is 9.53 Å². The molecule has 0 spiro atoms. The molecule has 7 nitrogen and oxygen atoms in total. The van der Waals surface area contributed by atoms with Gasteiger partial charge in [0.2, 0.25) is 0 Å². The van der Waals surface area contributed by atoms with Crippen LogP contribution in [0.1, 0.15) is 26.6 Å². The normalized spacial score (nSPS) is 16.0. The van der Waals surface area contributed by atoms with Gasteiger partial charge in [-0.2, -0.15) is 0 Å². The topological polar surface area (TPSA) is 74.3 Å². The molecule has 2 aromatic heterocycles. The van der Waals surface area contributed by atoms with E-state index in [0.29, 0.717) is 13.1 Å². The van der Waals surface area contributed by atoms with Gasteiger partial charge < -0.3 is 19.5 Å². The second kappa shape index (κ2) is 5.72. The van der Waals surface area contributed by atoms with Crippen LogP contribution in [0.15, 0.2) is 12.1 Å². The standard InChI is InChI=1S/C16H23N5O2/c1-11-17-12-5-6-13(19-14(12)18-11)20-7-9-21(10-8-20)15(22)23-16(2,3)4/h5-6H,7-10H2,1-4H3,(H,17,18,19). The Labute approximate surface area is 135 Å². The van der Waals surface area contributed by atoms with Gasteiger partial charge in [-0.1, -0.05) is 0 Å². The van der Waals surface area contributed by atoms with E-state index in [1.165, 1.54) is 0 Å². The van der Waals surface area contributed by atoms with Crippen LogP contribution in [0.2, 0.25) is 0 Å². The molecule has 1 aliphatic rings. The Morgan fingerprint density at radius 3 is 2.52 bits per heavy atom. The van der Waals surface area contributed by atoms with E-state index in [0.717, 1.165) is 35.9 Å². The highest BCUT2D eigenvalue weighted by Crippen LogP contribution is 2.19. The molecule has 3 rings (SSSR count). The third-order valence-electron chi connectivity index (χ3n) is 3.70. The predicted octanol–water partition coefficient (Wildman–Crippen LogP) is 2.32. The van der Waals surface area contributed by atoms with Crippen molar-refractivity contribution in [2.75, 3.05) is 31.1 Å². The molecule has 0 radical (unpaired) electrons. The van der Waals surface area contributed by atoms with Gasteiger partial charge in [0.15, 0.2) is 5.65 Å². The maximum absolute atomic E-state index is 12.1. The maximum Gasteiger partial charge on any atom is 0.410 e. The highest BCUT2D eigenvalue weighted by atomic mass is 16.6. The molecule has 1 saturated heterocycles. The number of hydrogen-bond acceptors (Lipinski definition) is 5. The number of carbonyl (C=O) groups excluding carboxylic acids is 1. The number of piperazine rings is 1. The van der Waals surface area contributed by atoms with Gasteiger partial charge in [-0.3, -0.25) is 0 Å². The largest absolute Gasteiger partial charge is 0.444 e. The summed E-state index contributed by atoms with van der Waals surface area (Å²) in [6, 6.07) is 3.99. The average molecular weight is 317 g/mol. The zero-order chi connectivity index (χ0) is 16.6. The Bertz CT molecular complexity index is 711. The predicted molar refractivity (Wildman–Crippen MR) is 88.6 cm³/mol. The summed E-state index contributed by atoms with van der Waals surface area (Å²) < 4.78 is 5.42. The van der Waals surface area contributed by atoms with Crippen molar-refractivity contribution in [1.29, 1.82) is 0 Å². The van der Waals surface area contributed by atoms with Gasteiger partial charge in [0, 0.05) is 26.2 Å². The number of ether oxygens (including phenoxy) is 1. The molecular weight excluding hydrogens is 294 g/mol. The number of aromatic amines is 1. The van der Waals surface area contributed by atoms with Crippen LogP contribution in [0.3, 0.4) is 0 Å². The number of aryl methyl sites for hydroxylation is 1. The third kappa shape index (κ3) is 3.55. The quantitative estimate of drug-likeness (QED) is 0.873. The monoisotopic (exact) mass is 317 g/mol. The first-order chi connectivity index (χ1) is 10.8. The number of amides is 1. The van der Waals surface area contributed by atoms with E-state index in [2.05, 4.69) is 19.9 Å². The van der Waals surface area contributed by atoms with Gasteiger partial charge >= 0.3 is 6.09 Å². The minimum Gasteiger partial charge on any atom is -0.444 e. The highest BCUT2D eigenvalue weighted by molar-refractivity contribution is 5.73. The lowest BCUT2D eigenvalue weighted by molar-refractivity contribution is 0.0240. The summed E-state index contributed by atoms with van der Waals surface area (Å²) in [6.07, 6.45) is -0.247. The smallest absolute Gasteiger partial charge is 0.410 e. The Morgan fingerprint density at radius 2 is 1.87 bits per heavy atom. The highest BCUT2D eigenvalue weighted by Gasteiger charge is 2.26. The number of carbonyl (C=O) groups is 1. The molecule has 7 heteroatoms. The Balaban J connectivity index is 1.64. The van der Waals surface area contributed by atoms with Crippen molar-refractivity contribution in [3.63, 3.8) is 0 Å². The number of nitrogens with one attached hydrogen (secondary N) is 1. The second-order valence-electron chi connectivity index (χ2n) is 6.82. The fourth-order valence-corrected chi connectivity index (χ4v) is 2.62. The molecule has 0 unspecified atom stereocenters. The molecule has 0 atom stereocenters. The number of hydrogen-bond donors (Lipinski definition) is 1. The van der Waals surface area contributed by atoms with E-state index in [1.54, 1.807) is 4.90 Å². The van der Waals surface area contributed by atoms with Crippen molar-refractivity contribution in [2.24, 2.45) is 0 Å². The summed E-state index contributed by atoms with van der Waals surface area (Å²) in [5.41, 5.74) is 1.21. The van der Waals surface area contributed by atoms with Gasteiger partial charge in [-0.05, 0) is 39.8 Å². The molecule has 0 saturated carbocycles. The van der Waals surface area contributed by atoms with Gasteiger partial charge in [-0.25, -0.2) is 14.8 Å². The molecule has 1 amide bonds. The van der Waals surface area contributed by atoms with E-state index < -0.39 is 5.60 Å². The second-order valence-corrected chi connectivity index (χ2v) is 6.82. The lowest BCUT2D eigenvalue weighted by atomic mass is 10.2. The van der Waals surface area contributed by atoms with Crippen molar-refractivity contribution in [3.05, 3.63) is 18.0 Å². The van der Waals surface area contributed by atoms with Crippen LogP contribution in [-0.2, 0) is 4.74 Å². The molecule has 23 heavy (non-hydrogen) atoms. The number of pyridine rings is 1. The van der Waals surface area contributed by atoms with Crippen molar-refractivity contribution >= 4 is 23.1 Å². The lowest BCUT2D eigenvalue weighted by Crippen LogP contribution is -2.50. The van der Waals surface area contributed by atoms with Crippen molar-refractivity contribution in [3.8, 4) is 0 Å². The number of fused-ring (bicyclic) bond motifs is 1. The van der Waals surface area contributed by atoms with Crippen LogP contribution in [-0.4, -0.2) is 57.7 Å².